The molecule has 0 spiro atoms. The zero-order valence-electron chi connectivity index (χ0n) is 20.4. The molecule has 9 nitrogen and oxygen atoms in total. The zero-order chi connectivity index (χ0) is 24.8. The third-order valence-corrected chi connectivity index (χ3v) is 6.56. The van der Waals surface area contributed by atoms with E-state index in [1.54, 1.807) is 33.9 Å². The van der Waals surface area contributed by atoms with Crippen molar-refractivity contribution in [3.8, 4) is 23.0 Å². The molecule has 0 unspecified atom stereocenters. The Kier molecular flexibility index (Phi) is 5.25. The highest BCUT2D eigenvalue weighted by Gasteiger charge is 2.41. The van der Waals surface area contributed by atoms with E-state index in [1.165, 1.54) is 0 Å². The topological polar surface area (TPSA) is 92.6 Å². The summed E-state index contributed by atoms with van der Waals surface area (Å²) in [4.78, 5) is 8.87. The minimum atomic E-state index is -0.487. The molecule has 0 radical (unpaired) electrons. The Labute approximate surface area is 208 Å². The van der Waals surface area contributed by atoms with Crippen molar-refractivity contribution in [3.63, 3.8) is 0 Å². The molecule has 4 heterocycles. The second-order valence-electron chi connectivity index (χ2n) is 8.63. The van der Waals surface area contributed by atoms with Crippen LogP contribution in [0.1, 0.15) is 34.4 Å². The average molecular weight is 484 g/mol. The predicted octanol–water partition coefficient (Wildman–Crippen LogP) is 4.57. The van der Waals surface area contributed by atoms with E-state index in [0.717, 1.165) is 39.3 Å². The van der Waals surface area contributed by atoms with Gasteiger partial charge >= 0.3 is 0 Å². The van der Waals surface area contributed by atoms with Crippen LogP contribution in [0.5, 0.6) is 23.0 Å². The number of pyridine rings is 1. The number of aryl methyl sites for hydroxylation is 1. The smallest absolute Gasteiger partial charge is 0.226 e. The SMILES string of the molecule is COc1cc([C@H]2Oc3ccc(C)cc3C3=C2[C@H](c2cccnc2)n2ncnc2N3)cc(OC)c1OC. The molecule has 0 bridgehead atoms. The van der Waals surface area contributed by atoms with Crippen LogP contribution in [0, 0.1) is 6.92 Å². The highest BCUT2D eigenvalue weighted by Crippen LogP contribution is 2.52. The zero-order valence-corrected chi connectivity index (χ0v) is 20.4. The second kappa shape index (κ2) is 8.60. The van der Waals surface area contributed by atoms with Crippen LogP contribution in [0.2, 0.25) is 0 Å². The lowest BCUT2D eigenvalue weighted by Crippen LogP contribution is -2.32. The van der Waals surface area contributed by atoms with Crippen LogP contribution >= 0.6 is 0 Å². The number of anilines is 1. The number of rotatable bonds is 5. The first kappa shape index (κ1) is 22.0. The van der Waals surface area contributed by atoms with Crippen molar-refractivity contribution in [3.05, 3.63) is 89.0 Å². The highest BCUT2D eigenvalue weighted by atomic mass is 16.5. The Morgan fingerprint density at radius 3 is 2.47 bits per heavy atom. The Morgan fingerprint density at radius 2 is 1.78 bits per heavy atom. The summed E-state index contributed by atoms with van der Waals surface area (Å²) in [5.41, 5.74) is 5.83. The highest BCUT2D eigenvalue weighted by molar-refractivity contribution is 5.85. The summed E-state index contributed by atoms with van der Waals surface area (Å²) in [6, 6.07) is 13.7. The number of hydrogen-bond acceptors (Lipinski definition) is 8. The molecule has 2 aliphatic rings. The second-order valence-corrected chi connectivity index (χ2v) is 8.63. The maximum atomic E-state index is 6.73. The number of hydrogen-bond donors (Lipinski definition) is 1. The molecule has 6 rings (SSSR count). The third-order valence-electron chi connectivity index (χ3n) is 6.56. The van der Waals surface area contributed by atoms with Crippen LogP contribution in [0.25, 0.3) is 5.70 Å². The fourth-order valence-electron chi connectivity index (χ4n) is 4.97. The van der Waals surface area contributed by atoms with Gasteiger partial charge in [-0.15, -0.1) is 0 Å². The van der Waals surface area contributed by atoms with Gasteiger partial charge in [-0.3, -0.25) is 4.98 Å². The van der Waals surface area contributed by atoms with E-state index in [1.807, 2.05) is 47.3 Å². The van der Waals surface area contributed by atoms with Crippen molar-refractivity contribution >= 4 is 11.6 Å². The summed E-state index contributed by atoms with van der Waals surface area (Å²) in [6.07, 6.45) is 4.68. The van der Waals surface area contributed by atoms with Gasteiger partial charge in [0.15, 0.2) is 11.5 Å². The van der Waals surface area contributed by atoms with Gasteiger partial charge in [0.05, 0.1) is 27.0 Å². The van der Waals surface area contributed by atoms with Crippen molar-refractivity contribution in [2.24, 2.45) is 0 Å². The lowest BCUT2D eigenvalue weighted by atomic mass is 9.84. The van der Waals surface area contributed by atoms with Crippen LogP contribution in [-0.2, 0) is 0 Å². The van der Waals surface area contributed by atoms with Gasteiger partial charge < -0.3 is 24.3 Å². The summed E-state index contributed by atoms with van der Waals surface area (Å²) in [5.74, 6) is 3.05. The summed E-state index contributed by atoms with van der Waals surface area (Å²) in [7, 11) is 4.80. The van der Waals surface area contributed by atoms with Gasteiger partial charge in [0.1, 0.15) is 24.2 Å². The Balaban J connectivity index is 1.63. The molecule has 2 aliphatic heterocycles. The molecule has 2 aromatic carbocycles. The van der Waals surface area contributed by atoms with Gasteiger partial charge in [-0.1, -0.05) is 17.7 Å². The van der Waals surface area contributed by atoms with Crippen molar-refractivity contribution in [2.45, 2.75) is 19.1 Å². The van der Waals surface area contributed by atoms with Gasteiger partial charge in [0.2, 0.25) is 11.7 Å². The van der Waals surface area contributed by atoms with Gasteiger partial charge in [-0.2, -0.15) is 10.1 Å². The van der Waals surface area contributed by atoms with E-state index >= 15 is 0 Å². The van der Waals surface area contributed by atoms with Crippen molar-refractivity contribution in [1.82, 2.24) is 19.7 Å². The largest absolute Gasteiger partial charge is 0.493 e. The molecule has 0 saturated heterocycles. The van der Waals surface area contributed by atoms with Crippen molar-refractivity contribution < 1.29 is 18.9 Å². The number of aromatic nitrogens is 4. The van der Waals surface area contributed by atoms with E-state index in [-0.39, 0.29) is 6.04 Å². The van der Waals surface area contributed by atoms with Gasteiger partial charge in [0, 0.05) is 29.1 Å². The average Bonchev–Trinajstić information content (AvgIpc) is 3.39. The lowest BCUT2D eigenvalue weighted by molar-refractivity contribution is 0.221. The van der Waals surface area contributed by atoms with Crippen LogP contribution in [0.4, 0.5) is 5.95 Å². The number of benzene rings is 2. The van der Waals surface area contributed by atoms with Gasteiger partial charge in [0.25, 0.3) is 0 Å². The molecular formula is C27H25N5O4. The van der Waals surface area contributed by atoms with Crippen LogP contribution < -0.4 is 24.3 Å². The fourth-order valence-corrected chi connectivity index (χ4v) is 4.97. The first-order valence-electron chi connectivity index (χ1n) is 11.5. The first-order chi connectivity index (χ1) is 17.6. The molecule has 9 heteroatoms. The fraction of sp³-hybridized carbons (Fsp3) is 0.222. The van der Waals surface area contributed by atoms with E-state index in [4.69, 9.17) is 18.9 Å². The number of ether oxygens (including phenoxy) is 4. The summed E-state index contributed by atoms with van der Waals surface area (Å²) in [5, 5.41) is 8.08. The molecule has 2 aromatic heterocycles. The maximum absolute atomic E-state index is 6.73. The molecule has 0 saturated carbocycles. The predicted molar refractivity (Wildman–Crippen MR) is 134 cm³/mol. The van der Waals surface area contributed by atoms with Gasteiger partial charge in [-0.25, -0.2) is 4.68 Å². The standard InChI is InChI=1S/C27H25N5O4/c1-15-7-8-19-18(10-15)23-22(24(16-6-5-9-28-13-16)32-27(31-23)29-14-30-32)25(36-19)17-11-20(33-2)26(35-4)21(12-17)34-3/h5-14,24-25H,1-4H3,(H,29,30,31)/t24-,25+/m0/s1. The van der Waals surface area contributed by atoms with Crippen LogP contribution in [-0.4, -0.2) is 41.1 Å². The van der Waals surface area contributed by atoms with Crippen LogP contribution in [0.3, 0.4) is 0 Å². The third kappa shape index (κ3) is 3.35. The van der Waals surface area contributed by atoms with Crippen molar-refractivity contribution in [2.75, 3.05) is 26.6 Å². The molecule has 36 heavy (non-hydrogen) atoms. The van der Waals surface area contributed by atoms with E-state index in [0.29, 0.717) is 23.2 Å². The maximum Gasteiger partial charge on any atom is 0.226 e. The van der Waals surface area contributed by atoms with Gasteiger partial charge in [-0.05, 0) is 42.8 Å². The molecule has 182 valence electrons. The van der Waals surface area contributed by atoms with E-state index < -0.39 is 6.10 Å². The quantitative estimate of drug-likeness (QED) is 0.441. The Bertz CT molecular complexity index is 1460. The minimum absolute atomic E-state index is 0.301. The minimum Gasteiger partial charge on any atom is -0.493 e. The number of nitrogens with one attached hydrogen (secondary N) is 1. The number of fused-ring (bicyclic) bond motifs is 3. The molecule has 0 aliphatic carbocycles. The number of nitrogens with zero attached hydrogens (tertiary/aromatic N) is 4. The Hall–Kier alpha value is -4.53. The van der Waals surface area contributed by atoms with E-state index in [2.05, 4.69) is 33.4 Å². The molecular weight excluding hydrogens is 458 g/mol. The molecule has 0 amide bonds. The molecule has 2 atom stereocenters. The Morgan fingerprint density at radius 1 is 0.972 bits per heavy atom. The summed E-state index contributed by atoms with van der Waals surface area (Å²) >= 11 is 0. The lowest BCUT2D eigenvalue weighted by Gasteiger charge is -2.39. The molecule has 4 aromatic rings. The normalized spacial score (nSPS) is 17.8. The number of methoxy groups -OCH3 is 3. The monoisotopic (exact) mass is 483 g/mol. The summed E-state index contributed by atoms with van der Waals surface area (Å²) < 4.78 is 25.5. The first-order valence-corrected chi connectivity index (χ1v) is 11.5. The van der Waals surface area contributed by atoms with Crippen LogP contribution in [0.15, 0.2) is 66.8 Å². The molecule has 1 N–H and O–H groups in total. The van der Waals surface area contributed by atoms with E-state index in [9.17, 15) is 0 Å². The summed E-state index contributed by atoms with van der Waals surface area (Å²) in [6.45, 7) is 2.07. The van der Waals surface area contributed by atoms with Crippen molar-refractivity contribution in [1.29, 1.82) is 0 Å². The molecule has 0 fully saturated rings.